The summed E-state index contributed by atoms with van der Waals surface area (Å²) in [5.74, 6) is 1.25. The van der Waals surface area contributed by atoms with Crippen molar-refractivity contribution < 1.29 is 13.8 Å². The van der Waals surface area contributed by atoms with Crippen molar-refractivity contribution >= 4 is 5.91 Å². The molecule has 0 unspecified atom stereocenters. The number of amides is 1. The lowest BCUT2D eigenvalue weighted by Crippen LogP contribution is -2.31. The van der Waals surface area contributed by atoms with Gasteiger partial charge in [0, 0.05) is 23.7 Å². The molecule has 0 bridgehead atoms. The Hall–Kier alpha value is -2.89. The summed E-state index contributed by atoms with van der Waals surface area (Å²) in [5.41, 5.74) is 3.08. The minimum absolute atomic E-state index is 0.0179. The molecular weight excluding hydrogens is 318 g/mol. The maximum atomic E-state index is 13.0. The number of carbonyl (C=O) groups excluding carboxylic acids is 1. The van der Waals surface area contributed by atoms with Gasteiger partial charge in [-0.05, 0) is 26.7 Å². The summed E-state index contributed by atoms with van der Waals surface area (Å²) in [5, 5.41) is 8.02. The molecule has 1 aliphatic heterocycles. The summed E-state index contributed by atoms with van der Waals surface area (Å²) in [4.78, 5) is 14.8. The average molecular weight is 337 g/mol. The van der Waals surface area contributed by atoms with Gasteiger partial charge in [0.1, 0.15) is 5.76 Å². The second kappa shape index (κ2) is 6.20. The highest BCUT2D eigenvalue weighted by atomic mass is 16.5. The quantitative estimate of drug-likeness (QED) is 0.724. The maximum Gasteiger partial charge on any atom is 0.276 e. The number of hydrogen-bond donors (Lipinski definition) is 0. The number of carbonyl (C=O) groups is 1. The van der Waals surface area contributed by atoms with Gasteiger partial charge in [0.05, 0.1) is 11.7 Å². The van der Waals surface area contributed by atoms with Gasteiger partial charge >= 0.3 is 0 Å². The Kier molecular flexibility index (Phi) is 3.87. The van der Waals surface area contributed by atoms with E-state index in [0.717, 1.165) is 35.4 Å². The van der Waals surface area contributed by atoms with E-state index in [1.54, 1.807) is 6.07 Å². The molecule has 6 nitrogen and oxygen atoms in total. The predicted octanol–water partition coefficient (Wildman–Crippen LogP) is 3.92. The molecule has 6 heteroatoms. The molecule has 0 N–H and O–H groups in total. The van der Waals surface area contributed by atoms with Gasteiger partial charge in [-0.1, -0.05) is 40.6 Å². The standard InChI is InChI=1S/C19H19N3O3/c1-12-18(13(2)24-20-12)16-9-6-10-22(16)19(23)15-11-17(25-21-15)14-7-4-3-5-8-14/h3-5,7-8,11,16H,6,9-10H2,1-2H3/t16-/m1/s1. The third-order valence-corrected chi connectivity index (χ3v) is 4.72. The van der Waals surface area contributed by atoms with Gasteiger partial charge in [0.25, 0.3) is 5.91 Å². The zero-order valence-electron chi connectivity index (χ0n) is 14.2. The Morgan fingerprint density at radius 2 is 1.96 bits per heavy atom. The van der Waals surface area contributed by atoms with Gasteiger partial charge in [-0.2, -0.15) is 0 Å². The molecule has 3 aromatic rings. The molecule has 1 atom stereocenters. The number of aromatic nitrogens is 2. The first-order valence-corrected chi connectivity index (χ1v) is 8.41. The van der Waals surface area contributed by atoms with E-state index in [0.29, 0.717) is 18.0 Å². The molecule has 1 amide bonds. The third kappa shape index (κ3) is 2.73. The minimum atomic E-state index is -0.117. The Labute approximate surface area is 145 Å². The van der Waals surface area contributed by atoms with E-state index in [2.05, 4.69) is 10.3 Å². The topological polar surface area (TPSA) is 72.4 Å². The predicted molar refractivity (Wildman–Crippen MR) is 90.9 cm³/mol. The molecule has 1 saturated heterocycles. The van der Waals surface area contributed by atoms with Crippen molar-refractivity contribution in [3.8, 4) is 11.3 Å². The number of rotatable bonds is 3. The summed E-state index contributed by atoms with van der Waals surface area (Å²) in [6.45, 7) is 4.50. The Morgan fingerprint density at radius 3 is 2.68 bits per heavy atom. The zero-order chi connectivity index (χ0) is 17.4. The first-order chi connectivity index (χ1) is 12.1. The average Bonchev–Trinajstić information content (AvgIpc) is 3.35. The lowest BCUT2D eigenvalue weighted by atomic mass is 10.0. The van der Waals surface area contributed by atoms with Crippen LogP contribution in [0.5, 0.6) is 0 Å². The van der Waals surface area contributed by atoms with Gasteiger partial charge in [-0.15, -0.1) is 0 Å². The summed E-state index contributed by atoms with van der Waals surface area (Å²) < 4.78 is 10.7. The highest BCUT2D eigenvalue weighted by molar-refractivity contribution is 5.93. The van der Waals surface area contributed by atoms with E-state index >= 15 is 0 Å². The van der Waals surface area contributed by atoms with E-state index in [-0.39, 0.29) is 11.9 Å². The Bertz CT molecular complexity index is 878. The molecule has 0 radical (unpaired) electrons. The van der Waals surface area contributed by atoms with Crippen molar-refractivity contribution in [2.24, 2.45) is 0 Å². The number of likely N-dealkylation sites (tertiary alicyclic amines) is 1. The summed E-state index contributed by atoms with van der Waals surface area (Å²) in [7, 11) is 0. The lowest BCUT2D eigenvalue weighted by Gasteiger charge is -2.23. The molecule has 2 aromatic heterocycles. The monoisotopic (exact) mass is 337 g/mol. The van der Waals surface area contributed by atoms with Crippen LogP contribution in [-0.4, -0.2) is 27.7 Å². The minimum Gasteiger partial charge on any atom is -0.361 e. The van der Waals surface area contributed by atoms with E-state index in [9.17, 15) is 4.79 Å². The van der Waals surface area contributed by atoms with Gasteiger partial charge in [-0.25, -0.2) is 0 Å². The molecule has 1 aliphatic rings. The van der Waals surface area contributed by atoms with Crippen LogP contribution in [0.1, 0.15) is 46.4 Å². The van der Waals surface area contributed by atoms with Crippen LogP contribution in [0.4, 0.5) is 0 Å². The van der Waals surface area contributed by atoms with Crippen LogP contribution in [0, 0.1) is 13.8 Å². The fourth-order valence-corrected chi connectivity index (χ4v) is 3.54. The van der Waals surface area contributed by atoms with Crippen LogP contribution >= 0.6 is 0 Å². The Morgan fingerprint density at radius 1 is 1.16 bits per heavy atom. The first-order valence-electron chi connectivity index (χ1n) is 8.41. The Balaban J connectivity index is 1.61. The summed E-state index contributed by atoms with van der Waals surface area (Å²) >= 11 is 0. The van der Waals surface area contributed by atoms with Crippen LogP contribution in [0.15, 0.2) is 45.4 Å². The molecule has 4 rings (SSSR count). The molecule has 0 saturated carbocycles. The smallest absolute Gasteiger partial charge is 0.276 e. The van der Waals surface area contributed by atoms with Crippen molar-refractivity contribution in [3.63, 3.8) is 0 Å². The van der Waals surface area contributed by atoms with Crippen molar-refractivity contribution in [2.75, 3.05) is 6.54 Å². The lowest BCUT2D eigenvalue weighted by molar-refractivity contribution is 0.0724. The highest BCUT2D eigenvalue weighted by Crippen LogP contribution is 2.36. The fourth-order valence-electron chi connectivity index (χ4n) is 3.54. The summed E-state index contributed by atoms with van der Waals surface area (Å²) in [6, 6.07) is 11.3. The van der Waals surface area contributed by atoms with Crippen molar-refractivity contribution in [3.05, 3.63) is 59.1 Å². The molecule has 25 heavy (non-hydrogen) atoms. The molecule has 0 spiro atoms. The van der Waals surface area contributed by atoms with Gasteiger partial charge in [-0.3, -0.25) is 4.79 Å². The van der Waals surface area contributed by atoms with Crippen molar-refractivity contribution in [2.45, 2.75) is 32.7 Å². The van der Waals surface area contributed by atoms with Crippen LogP contribution in [0.2, 0.25) is 0 Å². The van der Waals surface area contributed by atoms with E-state index in [1.165, 1.54) is 0 Å². The normalized spacial score (nSPS) is 17.2. The van der Waals surface area contributed by atoms with E-state index in [4.69, 9.17) is 9.05 Å². The highest BCUT2D eigenvalue weighted by Gasteiger charge is 2.35. The molecule has 3 heterocycles. The number of nitrogens with zero attached hydrogens (tertiary/aromatic N) is 3. The SMILES string of the molecule is Cc1noc(C)c1[C@H]1CCCN1C(=O)c1cc(-c2ccccc2)on1. The van der Waals surface area contributed by atoms with E-state index < -0.39 is 0 Å². The van der Waals surface area contributed by atoms with Gasteiger partial charge in [0.15, 0.2) is 11.5 Å². The van der Waals surface area contributed by atoms with Crippen molar-refractivity contribution in [1.82, 2.24) is 15.2 Å². The van der Waals surface area contributed by atoms with Gasteiger partial charge < -0.3 is 13.9 Å². The van der Waals surface area contributed by atoms with Gasteiger partial charge in [0.2, 0.25) is 0 Å². The molecular formula is C19H19N3O3. The van der Waals surface area contributed by atoms with Crippen LogP contribution in [-0.2, 0) is 0 Å². The third-order valence-electron chi connectivity index (χ3n) is 4.72. The number of benzene rings is 1. The molecule has 1 fully saturated rings. The summed E-state index contributed by atoms with van der Waals surface area (Å²) in [6.07, 6.45) is 1.85. The van der Waals surface area contributed by atoms with Crippen molar-refractivity contribution in [1.29, 1.82) is 0 Å². The first kappa shape index (κ1) is 15.6. The fraction of sp³-hybridized carbons (Fsp3) is 0.316. The second-order valence-corrected chi connectivity index (χ2v) is 6.34. The molecule has 128 valence electrons. The van der Waals surface area contributed by atoms with E-state index in [1.807, 2.05) is 49.1 Å². The van der Waals surface area contributed by atoms with Crippen LogP contribution in [0.25, 0.3) is 11.3 Å². The molecule has 0 aliphatic carbocycles. The second-order valence-electron chi connectivity index (χ2n) is 6.34. The zero-order valence-corrected chi connectivity index (χ0v) is 14.2. The van der Waals surface area contributed by atoms with Crippen LogP contribution < -0.4 is 0 Å². The van der Waals surface area contributed by atoms with Crippen LogP contribution in [0.3, 0.4) is 0 Å². The maximum absolute atomic E-state index is 13.0. The number of aryl methyl sites for hydroxylation is 2. The number of hydrogen-bond acceptors (Lipinski definition) is 5. The largest absolute Gasteiger partial charge is 0.361 e. The molecule has 1 aromatic carbocycles.